The molecule has 0 saturated heterocycles. The van der Waals surface area contributed by atoms with Crippen molar-refractivity contribution in [2.24, 2.45) is 0 Å². The average molecular weight is 401 g/mol. The number of nitrogens with one attached hydrogen (secondary N) is 1. The first-order valence-electron chi connectivity index (χ1n) is 9.91. The molecule has 7 nitrogen and oxygen atoms in total. The van der Waals surface area contributed by atoms with Gasteiger partial charge < -0.3 is 14.8 Å². The summed E-state index contributed by atoms with van der Waals surface area (Å²) >= 11 is 0. The maximum absolute atomic E-state index is 9.98. The summed E-state index contributed by atoms with van der Waals surface area (Å²) in [6.45, 7) is 2.32. The van der Waals surface area contributed by atoms with Crippen molar-refractivity contribution in [1.29, 1.82) is 0 Å². The molecule has 1 aliphatic rings. The summed E-state index contributed by atoms with van der Waals surface area (Å²) in [6, 6.07) is 15.4. The Hall–Kier alpha value is -3.58. The number of fused-ring (bicyclic) bond motifs is 1. The number of aromatic amines is 1. The topological polar surface area (TPSA) is 79.2 Å². The van der Waals surface area contributed by atoms with Crippen LogP contribution < -0.4 is 4.74 Å². The van der Waals surface area contributed by atoms with Crippen molar-refractivity contribution < 1.29 is 9.84 Å². The Morgan fingerprint density at radius 3 is 2.93 bits per heavy atom. The molecular formula is C23H23N5O2. The fourth-order valence-corrected chi connectivity index (χ4v) is 4.21. The van der Waals surface area contributed by atoms with Gasteiger partial charge in [-0.25, -0.2) is 9.67 Å². The van der Waals surface area contributed by atoms with Gasteiger partial charge in [0.15, 0.2) is 0 Å². The number of benzene rings is 2. The third-order valence-electron chi connectivity index (χ3n) is 5.61. The molecule has 0 fully saturated rings. The van der Waals surface area contributed by atoms with Crippen molar-refractivity contribution in [3.8, 4) is 17.2 Å². The Bertz CT molecular complexity index is 1150. The molecule has 0 aliphatic carbocycles. The molecule has 1 aliphatic heterocycles. The van der Waals surface area contributed by atoms with Gasteiger partial charge in [0.1, 0.15) is 11.5 Å². The fraction of sp³-hybridized carbons (Fsp3) is 0.217. The molecule has 2 aromatic carbocycles. The smallest absolute Gasteiger partial charge is 0.119 e. The van der Waals surface area contributed by atoms with Crippen LogP contribution in [0.2, 0.25) is 0 Å². The van der Waals surface area contributed by atoms with Gasteiger partial charge in [0.2, 0.25) is 0 Å². The van der Waals surface area contributed by atoms with Gasteiger partial charge in [0, 0.05) is 37.9 Å². The molecule has 0 spiro atoms. The van der Waals surface area contributed by atoms with E-state index in [0.29, 0.717) is 0 Å². The molecule has 4 aromatic rings. The van der Waals surface area contributed by atoms with Crippen LogP contribution in [0.1, 0.15) is 28.4 Å². The van der Waals surface area contributed by atoms with Crippen LogP contribution in [0.5, 0.6) is 11.5 Å². The summed E-state index contributed by atoms with van der Waals surface area (Å²) in [5.41, 5.74) is 5.39. The van der Waals surface area contributed by atoms with Gasteiger partial charge in [-0.15, -0.1) is 0 Å². The van der Waals surface area contributed by atoms with E-state index in [9.17, 15) is 5.11 Å². The number of nitrogens with zero attached hydrogens (tertiary/aromatic N) is 4. The van der Waals surface area contributed by atoms with E-state index in [4.69, 9.17) is 4.74 Å². The second-order valence-corrected chi connectivity index (χ2v) is 7.53. The number of hydrogen-bond donors (Lipinski definition) is 2. The van der Waals surface area contributed by atoms with Crippen molar-refractivity contribution in [3.63, 3.8) is 0 Å². The number of methoxy groups -OCH3 is 1. The lowest BCUT2D eigenvalue weighted by Gasteiger charge is -2.32. The van der Waals surface area contributed by atoms with Crippen molar-refractivity contribution in [2.75, 3.05) is 13.7 Å². The van der Waals surface area contributed by atoms with Gasteiger partial charge in [-0.05, 0) is 47.5 Å². The molecule has 152 valence electrons. The van der Waals surface area contributed by atoms with Crippen molar-refractivity contribution in [1.82, 2.24) is 24.6 Å². The third kappa shape index (κ3) is 3.44. The molecule has 7 heteroatoms. The summed E-state index contributed by atoms with van der Waals surface area (Å²) in [7, 11) is 1.68. The van der Waals surface area contributed by atoms with E-state index in [2.05, 4.69) is 26.0 Å². The van der Waals surface area contributed by atoms with Crippen molar-refractivity contribution >= 4 is 0 Å². The highest BCUT2D eigenvalue weighted by molar-refractivity contribution is 5.46. The predicted octanol–water partition coefficient (Wildman–Crippen LogP) is 3.46. The molecule has 2 aromatic heterocycles. The number of hydrogen-bond acceptors (Lipinski definition) is 5. The largest absolute Gasteiger partial charge is 0.508 e. The molecule has 30 heavy (non-hydrogen) atoms. The van der Waals surface area contributed by atoms with Gasteiger partial charge >= 0.3 is 0 Å². The Morgan fingerprint density at radius 1 is 1.20 bits per heavy atom. The van der Waals surface area contributed by atoms with E-state index < -0.39 is 0 Å². The van der Waals surface area contributed by atoms with E-state index >= 15 is 0 Å². The highest BCUT2D eigenvalue weighted by Crippen LogP contribution is 2.34. The first kappa shape index (κ1) is 18.4. The first-order valence-corrected chi connectivity index (χ1v) is 9.91. The van der Waals surface area contributed by atoms with Crippen molar-refractivity contribution in [3.05, 3.63) is 89.8 Å². The monoisotopic (exact) mass is 401 g/mol. The number of aromatic nitrogens is 4. The zero-order valence-corrected chi connectivity index (χ0v) is 16.7. The van der Waals surface area contributed by atoms with E-state index in [1.54, 1.807) is 25.7 Å². The molecular weight excluding hydrogens is 378 g/mol. The van der Waals surface area contributed by atoms with Crippen LogP contribution in [0.15, 0.2) is 67.3 Å². The van der Waals surface area contributed by atoms with Crippen LogP contribution in [0.3, 0.4) is 0 Å². The summed E-state index contributed by atoms with van der Waals surface area (Å²) in [6.07, 6.45) is 5.48. The number of imidazole rings is 1. The number of phenolic OH excluding ortho intramolecular Hbond substituents is 1. The Balaban J connectivity index is 1.49. The number of aromatic hydroxyl groups is 1. The summed E-state index contributed by atoms with van der Waals surface area (Å²) in [5.74, 6) is 1.19. The Kier molecular flexibility index (Phi) is 4.72. The van der Waals surface area contributed by atoms with Crippen LogP contribution in [0, 0.1) is 0 Å². The van der Waals surface area contributed by atoms with Crippen molar-refractivity contribution in [2.45, 2.75) is 19.0 Å². The predicted molar refractivity (Wildman–Crippen MR) is 113 cm³/mol. The van der Waals surface area contributed by atoms with E-state index in [1.807, 2.05) is 47.3 Å². The number of phenols is 1. The minimum Gasteiger partial charge on any atom is -0.508 e. The van der Waals surface area contributed by atoms with E-state index in [1.165, 1.54) is 0 Å². The standard InChI is InChI=1S/C23H23N5O2/c1-30-19-6-7-22(28-9-3-8-26-28)17(11-19)12-27-13-20(16-4-2-5-18(29)10-16)23-21(14-27)24-15-25-23/h2-11,15,20,29H,12-14H2,1H3,(H,24,25). The molecule has 0 amide bonds. The molecule has 0 bridgehead atoms. The Morgan fingerprint density at radius 2 is 2.13 bits per heavy atom. The SMILES string of the molecule is COc1ccc(-n2cccn2)c(CN2Cc3[nH]cnc3C(c3cccc(O)c3)C2)c1. The molecule has 0 radical (unpaired) electrons. The number of ether oxygens (including phenoxy) is 1. The second kappa shape index (κ2) is 7.68. The second-order valence-electron chi connectivity index (χ2n) is 7.53. The van der Waals surface area contributed by atoms with E-state index in [0.717, 1.165) is 53.6 Å². The Labute approximate surface area is 174 Å². The maximum Gasteiger partial charge on any atom is 0.119 e. The summed E-state index contributed by atoms with van der Waals surface area (Å²) in [5, 5.41) is 14.4. The lowest BCUT2D eigenvalue weighted by molar-refractivity contribution is 0.227. The van der Waals surface area contributed by atoms with Gasteiger partial charge in [0.25, 0.3) is 0 Å². The zero-order chi connectivity index (χ0) is 20.5. The van der Waals surface area contributed by atoms with Crippen LogP contribution in [0.25, 0.3) is 5.69 Å². The normalized spacial score (nSPS) is 16.4. The number of rotatable bonds is 5. The van der Waals surface area contributed by atoms with E-state index in [-0.39, 0.29) is 11.7 Å². The van der Waals surface area contributed by atoms with Crippen LogP contribution in [-0.2, 0) is 13.1 Å². The lowest BCUT2D eigenvalue weighted by atomic mass is 9.90. The quantitative estimate of drug-likeness (QED) is 0.535. The molecule has 0 saturated carbocycles. The fourth-order valence-electron chi connectivity index (χ4n) is 4.21. The summed E-state index contributed by atoms with van der Waals surface area (Å²) < 4.78 is 7.35. The lowest BCUT2D eigenvalue weighted by Crippen LogP contribution is -2.34. The maximum atomic E-state index is 9.98. The molecule has 2 N–H and O–H groups in total. The molecule has 5 rings (SSSR count). The minimum atomic E-state index is 0.0888. The molecule has 3 heterocycles. The zero-order valence-electron chi connectivity index (χ0n) is 16.7. The molecule has 1 unspecified atom stereocenters. The van der Waals surface area contributed by atoms with Gasteiger partial charge in [-0.1, -0.05) is 12.1 Å². The third-order valence-corrected chi connectivity index (χ3v) is 5.61. The summed E-state index contributed by atoms with van der Waals surface area (Å²) in [4.78, 5) is 10.3. The van der Waals surface area contributed by atoms with Crippen LogP contribution in [0.4, 0.5) is 0 Å². The van der Waals surface area contributed by atoms with Gasteiger partial charge in [-0.2, -0.15) is 5.10 Å². The highest BCUT2D eigenvalue weighted by atomic mass is 16.5. The molecule has 1 atom stereocenters. The van der Waals surface area contributed by atoms with Gasteiger partial charge in [-0.3, -0.25) is 4.90 Å². The van der Waals surface area contributed by atoms with Gasteiger partial charge in [0.05, 0.1) is 30.5 Å². The first-order chi connectivity index (χ1) is 14.7. The average Bonchev–Trinajstić information content (AvgIpc) is 3.45. The number of H-pyrrole nitrogens is 1. The highest BCUT2D eigenvalue weighted by Gasteiger charge is 2.29. The van der Waals surface area contributed by atoms with Crippen LogP contribution >= 0.6 is 0 Å². The minimum absolute atomic E-state index is 0.0888. The van der Waals surface area contributed by atoms with Crippen LogP contribution in [-0.4, -0.2) is 43.4 Å².